The molecule has 1 aromatic rings. The summed E-state index contributed by atoms with van der Waals surface area (Å²) >= 11 is 3.03. The Labute approximate surface area is 78.2 Å². The lowest BCUT2D eigenvalue weighted by Crippen LogP contribution is -2.03. The largest absolute Gasteiger partial charge is 0.291 e. The van der Waals surface area contributed by atoms with E-state index in [0.717, 1.165) is 0 Å². The molecule has 12 heavy (non-hydrogen) atoms. The molecule has 0 amide bonds. The number of hydrogen-bond donors (Lipinski definition) is 0. The second kappa shape index (κ2) is 3.98. The zero-order valence-electron chi connectivity index (χ0n) is 6.12. The van der Waals surface area contributed by atoms with Gasteiger partial charge in [0, 0.05) is 0 Å². The fourth-order valence-electron chi connectivity index (χ4n) is 0.721. The van der Waals surface area contributed by atoms with Crippen LogP contribution in [-0.2, 0) is 0 Å². The van der Waals surface area contributed by atoms with E-state index in [-0.39, 0.29) is 16.8 Å². The fourth-order valence-corrected chi connectivity index (χ4v) is 1.01. The Hall–Kier alpha value is -1.21. The lowest BCUT2D eigenvalue weighted by Gasteiger charge is -1.94. The van der Waals surface area contributed by atoms with E-state index in [2.05, 4.69) is 20.9 Å². The molecular formula is C8H5BrN2O. The Balaban J connectivity index is 3.04. The van der Waals surface area contributed by atoms with Gasteiger partial charge in [0.1, 0.15) is 17.5 Å². The van der Waals surface area contributed by atoms with E-state index in [1.165, 1.54) is 0 Å². The van der Waals surface area contributed by atoms with Gasteiger partial charge in [-0.05, 0) is 12.1 Å². The van der Waals surface area contributed by atoms with Gasteiger partial charge in [0.15, 0.2) is 5.78 Å². The first kappa shape index (κ1) is 8.88. The number of alkyl halides is 1. The number of nitrogens with zero attached hydrogens (tertiary/aromatic N) is 2. The topological polar surface area (TPSA) is 53.8 Å². The minimum atomic E-state index is -0.118. The minimum absolute atomic E-state index is 0.118. The summed E-state index contributed by atoms with van der Waals surface area (Å²) in [5, 5.41) is 8.71. The van der Waals surface area contributed by atoms with Crippen LogP contribution in [0.3, 0.4) is 0 Å². The summed E-state index contributed by atoms with van der Waals surface area (Å²) in [6.45, 7) is 0. The van der Waals surface area contributed by atoms with Crippen LogP contribution < -0.4 is 0 Å². The number of carbonyl (C=O) groups is 1. The minimum Gasteiger partial charge on any atom is -0.291 e. The molecule has 0 aliphatic rings. The van der Waals surface area contributed by atoms with Crippen LogP contribution in [0.15, 0.2) is 18.2 Å². The highest BCUT2D eigenvalue weighted by Crippen LogP contribution is 2.00. The van der Waals surface area contributed by atoms with E-state index in [1.807, 2.05) is 6.07 Å². The number of halogens is 1. The van der Waals surface area contributed by atoms with E-state index in [4.69, 9.17) is 5.26 Å². The van der Waals surface area contributed by atoms with E-state index >= 15 is 0 Å². The molecule has 0 aliphatic heterocycles. The molecule has 1 aromatic heterocycles. The molecule has 0 aliphatic carbocycles. The lowest BCUT2D eigenvalue weighted by atomic mass is 10.2. The maximum absolute atomic E-state index is 11.1. The van der Waals surface area contributed by atoms with Gasteiger partial charge in [-0.3, -0.25) is 4.79 Å². The Morgan fingerprint density at radius 2 is 2.42 bits per heavy atom. The van der Waals surface area contributed by atoms with Crippen molar-refractivity contribution in [2.45, 2.75) is 0 Å². The smallest absolute Gasteiger partial charge is 0.191 e. The number of ketones is 1. The van der Waals surface area contributed by atoms with E-state index in [9.17, 15) is 4.79 Å². The third-order valence-electron chi connectivity index (χ3n) is 1.27. The SMILES string of the molecule is N#Cc1cccc(C(=O)CBr)n1. The van der Waals surface area contributed by atoms with Crippen molar-refractivity contribution < 1.29 is 4.79 Å². The summed E-state index contributed by atoms with van der Waals surface area (Å²) < 4.78 is 0. The second-order valence-electron chi connectivity index (χ2n) is 2.08. The quantitative estimate of drug-likeness (QED) is 0.566. The number of aromatic nitrogens is 1. The molecule has 0 bridgehead atoms. The summed E-state index contributed by atoms with van der Waals surface area (Å²) in [6, 6.07) is 6.66. The third-order valence-corrected chi connectivity index (χ3v) is 1.78. The number of pyridine rings is 1. The van der Waals surface area contributed by atoms with E-state index in [1.54, 1.807) is 18.2 Å². The standard InChI is InChI=1S/C8H5BrN2O/c9-4-8(12)7-3-1-2-6(5-10)11-7/h1-3H,4H2. The van der Waals surface area contributed by atoms with Crippen LogP contribution in [0.5, 0.6) is 0 Å². The molecular weight excluding hydrogens is 220 g/mol. The zero-order chi connectivity index (χ0) is 8.97. The lowest BCUT2D eigenvalue weighted by molar-refractivity contribution is 0.101. The van der Waals surface area contributed by atoms with Gasteiger partial charge in [0.05, 0.1) is 5.33 Å². The summed E-state index contributed by atoms with van der Waals surface area (Å²) in [5.41, 5.74) is 0.590. The molecule has 60 valence electrons. The van der Waals surface area contributed by atoms with Crippen LogP contribution in [0.2, 0.25) is 0 Å². The van der Waals surface area contributed by atoms with E-state index in [0.29, 0.717) is 5.69 Å². The molecule has 0 fully saturated rings. The van der Waals surface area contributed by atoms with Gasteiger partial charge in [-0.2, -0.15) is 5.26 Å². The van der Waals surface area contributed by atoms with Gasteiger partial charge < -0.3 is 0 Å². The van der Waals surface area contributed by atoms with Crippen molar-refractivity contribution in [2.75, 3.05) is 5.33 Å². The van der Waals surface area contributed by atoms with Crippen molar-refractivity contribution in [1.29, 1.82) is 5.26 Å². The van der Waals surface area contributed by atoms with Crippen molar-refractivity contribution in [3.05, 3.63) is 29.6 Å². The van der Waals surface area contributed by atoms with Crippen LogP contribution in [-0.4, -0.2) is 16.1 Å². The fraction of sp³-hybridized carbons (Fsp3) is 0.125. The highest BCUT2D eigenvalue weighted by molar-refractivity contribution is 9.09. The molecule has 1 rings (SSSR count). The monoisotopic (exact) mass is 224 g/mol. The van der Waals surface area contributed by atoms with Crippen LogP contribution in [0.4, 0.5) is 0 Å². The number of Topliss-reactive ketones (excluding diaryl/α,β-unsaturated/α-hetero) is 1. The van der Waals surface area contributed by atoms with Crippen molar-refractivity contribution in [3.8, 4) is 6.07 Å². The number of nitriles is 1. The van der Waals surface area contributed by atoms with Crippen molar-refractivity contribution in [2.24, 2.45) is 0 Å². The zero-order valence-corrected chi connectivity index (χ0v) is 7.71. The van der Waals surface area contributed by atoms with Gasteiger partial charge in [-0.25, -0.2) is 4.98 Å². The van der Waals surface area contributed by atoms with Crippen molar-refractivity contribution in [3.63, 3.8) is 0 Å². The van der Waals surface area contributed by atoms with E-state index < -0.39 is 0 Å². The van der Waals surface area contributed by atoms with Crippen molar-refractivity contribution in [1.82, 2.24) is 4.98 Å². The highest BCUT2D eigenvalue weighted by Gasteiger charge is 2.04. The molecule has 1 heterocycles. The number of rotatable bonds is 2. The predicted octanol–water partition coefficient (Wildman–Crippen LogP) is 1.53. The average molecular weight is 225 g/mol. The highest BCUT2D eigenvalue weighted by atomic mass is 79.9. The average Bonchev–Trinajstić information content (AvgIpc) is 2.17. The van der Waals surface area contributed by atoms with Crippen LogP contribution >= 0.6 is 15.9 Å². The summed E-state index contributed by atoms with van der Waals surface area (Å²) in [7, 11) is 0. The Bertz CT molecular complexity index is 343. The first-order valence-corrected chi connectivity index (χ1v) is 4.36. The van der Waals surface area contributed by atoms with Gasteiger partial charge in [-0.1, -0.05) is 22.0 Å². The molecule has 0 aromatic carbocycles. The van der Waals surface area contributed by atoms with Crippen molar-refractivity contribution >= 4 is 21.7 Å². The van der Waals surface area contributed by atoms with Crippen LogP contribution in [0.25, 0.3) is 0 Å². The summed E-state index contributed by atoms with van der Waals surface area (Å²) in [6.07, 6.45) is 0. The van der Waals surface area contributed by atoms with Gasteiger partial charge in [-0.15, -0.1) is 0 Å². The third kappa shape index (κ3) is 1.89. The summed E-state index contributed by atoms with van der Waals surface area (Å²) in [5.74, 6) is -0.118. The Kier molecular flexibility index (Phi) is 2.94. The molecule has 4 heteroatoms. The maximum atomic E-state index is 11.1. The first-order valence-electron chi connectivity index (χ1n) is 3.24. The maximum Gasteiger partial charge on any atom is 0.191 e. The second-order valence-corrected chi connectivity index (χ2v) is 2.64. The number of carbonyl (C=O) groups excluding carboxylic acids is 1. The predicted molar refractivity (Wildman–Crippen MR) is 47.1 cm³/mol. The van der Waals surface area contributed by atoms with Gasteiger partial charge in [0.2, 0.25) is 0 Å². The molecule has 0 unspecified atom stereocenters. The summed E-state index contributed by atoms with van der Waals surface area (Å²) in [4.78, 5) is 14.9. The molecule has 3 nitrogen and oxygen atoms in total. The molecule has 0 saturated carbocycles. The first-order chi connectivity index (χ1) is 5.77. The Morgan fingerprint density at radius 3 is 3.00 bits per heavy atom. The normalized spacial score (nSPS) is 9.00. The van der Waals surface area contributed by atoms with Gasteiger partial charge >= 0.3 is 0 Å². The van der Waals surface area contributed by atoms with Gasteiger partial charge in [0.25, 0.3) is 0 Å². The molecule has 0 N–H and O–H groups in total. The molecule has 0 atom stereocenters. The van der Waals surface area contributed by atoms with Crippen LogP contribution in [0.1, 0.15) is 16.2 Å². The molecule has 0 radical (unpaired) electrons. The molecule has 0 spiro atoms. The Morgan fingerprint density at radius 1 is 1.67 bits per heavy atom. The molecule has 0 saturated heterocycles. The number of hydrogen-bond acceptors (Lipinski definition) is 3. The van der Waals surface area contributed by atoms with Crippen LogP contribution in [0, 0.1) is 11.3 Å².